The van der Waals surface area contributed by atoms with Crippen LogP contribution in [0.4, 0.5) is 21.5 Å². The summed E-state index contributed by atoms with van der Waals surface area (Å²) in [5.74, 6) is -0.404. The maximum Gasteiger partial charge on any atom is 0.242 e. The fraction of sp³-hybridized carbons (Fsp3) is 0.519. The van der Waals surface area contributed by atoms with Crippen LogP contribution < -0.4 is 19.8 Å². The molecule has 2 saturated heterocycles. The van der Waals surface area contributed by atoms with E-state index in [9.17, 15) is 17.6 Å². The van der Waals surface area contributed by atoms with Gasteiger partial charge in [-0.25, -0.2) is 17.5 Å². The van der Waals surface area contributed by atoms with Gasteiger partial charge in [-0.2, -0.15) is 0 Å². The zero-order valence-corrected chi connectivity index (χ0v) is 22.8. The van der Waals surface area contributed by atoms with E-state index in [0.29, 0.717) is 69.4 Å². The highest BCUT2D eigenvalue weighted by Crippen LogP contribution is 2.30. The van der Waals surface area contributed by atoms with Crippen LogP contribution in [-0.2, 0) is 19.6 Å². The highest BCUT2D eigenvalue weighted by Gasteiger charge is 2.26. The van der Waals surface area contributed by atoms with Crippen molar-refractivity contribution in [3.63, 3.8) is 0 Å². The van der Waals surface area contributed by atoms with Crippen LogP contribution >= 0.6 is 0 Å². The van der Waals surface area contributed by atoms with Crippen LogP contribution in [0.1, 0.15) is 26.2 Å². The molecule has 2 aliphatic heterocycles. The van der Waals surface area contributed by atoms with Gasteiger partial charge in [0.1, 0.15) is 10.7 Å². The quantitative estimate of drug-likeness (QED) is 0.447. The van der Waals surface area contributed by atoms with Crippen LogP contribution in [0.25, 0.3) is 0 Å². The van der Waals surface area contributed by atoms with Crippen LogP contribution in [0.2, 0.25) is 0 Å². The second kappa shape index (κ2) is 13.4. The number of anilines is 3. The Morgan fingerprint density at radius 1 is 0.974 bits per heavy atom. The number of hydrogen-bond donors (Lipinski definition) is 2. The van der Waals surface area contributed by atoms with Crippen LogP contribution in [-0.4, -0.2) is 84.8 Å². The number of nitrogens with one attached hydrogen (secondary N) is 2. The minimum Gasteiger partial charge on any atom is -0.379 e. The zero-order chi connectivity index (χ0) is 27.0. The van der Waals surface area contributed by atoms with Gasteiger partial charge in [-0.3, -0.25) is 9.69 Å². The lowest BCUT2D eigenvalue weighted by Crippen LogP contribution is -2.47. The summed E-state index contributed by atoms with van der Waals surface area (Å²) in [4.78, 5) is 18.6. The molecule has 0 radical (unpaired) electrons. The van der Waals surface area contributed by atoms with Crippen LogP contribution in [0.3, 0.4) is 0 Å². The van der Waals surface area contributed by atoms with E-state index in [0.717, 1.165) is 25.9 Å². The molecule has 2 heterocycles. The fourth-order valence-electron chi connectivity index (χ4n) is 4.77. The Morgan fingerprint density at radius 2 is 1.66 bits per heavy atom. The molecule has 2 fully saturated rings. The summed E-state index contributed by atoms with van der Waals surface area (Å²) in [7, 11) is -3.86. The molecular weight excluding hydrogens is 509 g/mol. The first kappa shape index (κ1) is 28.3. The van der Waals surface area contributed by atoms with Gasteiger partial charge >= 0.3 is 0 Å². The highest BCUT2D eigenvalue weighted by molar-refractivity contribution is 7.89. The van der Waals surface area contributed by atoms with Crippen molar-refractivity contribution in [2.45, 2.75) is 31.1 Å². The van der Waals surface area contributed by atoms with Crippen molar-refractivity contribution >= 4 is 33.0 Å². The average Bonchev–Trinajstić information content (AvgIpc) is 2.93. The van der Waals surface area contributed by atoms with Crippen LogP contribution in [0, 0.1) is 5.82 Å². The number of halogens is 1. The maximum absolute atomic E-state index is 14.3. The Labute approximate surface area is 225 Å². The average molecular weight is 548 g/mol. The predicted octanol–water partition coefficient (Wildman–Crippen LogP) is 2.89. The number of ether oxygens (including phenoxy) is 1. The molecule has 208 valence electrons. The Kier molecular flexibility index (Phi) is 9.95. The third-order valence-corrected chi connectivity index (χ3v) is 8.42. The number of piperazine rings is 1. The number of hydrogen-bond acceptors (Lipinski definition) is 7. The Balaban J connectivity index is 1.51. The number of nitrogens with zero attached hydrogens (tertiary/aromatic N) is 3. The zero-order valence-electron chi connectivity index (χ0n) is 22.0. The molecule has 2 aromatic carbocycles. The molecule has 2 N–H and O–H groups in total. The molecule has 0 aliphatic carbocycles. The molecule has 0 spiro atoms. The van der Waals surface area contributed by atoms with Gasteiger partial charge < -0.3 is 19.9 Å². The molecule has 0 atom stereocenters. The standard InChI is InChI=1S/C27H38FN5O4S/c1-2-3-8-27(34)30-22-9-10-25(33-15-13-32(14-16-33)24-7-5-4-6-23(24)28)26(21-22)38(35,36)29-11-12-31-17-19-37-20-18-31/h4-7,9-10,21,29H,2-3,8,11-20H2,1H3,(H,30,34). The number of morpholine rings is 1. The van der Waals surface area contributed by atoms with Crippen molar-refractivity contribution < 1.29 is 22.3 Å². The maximum atomic E-state index is 14.3. The van der Waals surface area contributed by atoms with E-state index < -0.39 is 10.0 Å². The van der Waals surface area contributed by atoms with E-state index in [1.165, 1.54) is 6.07 Å². The summed E-state index contributed by atoms with van der Waals surface area (Å²) < 4.78 is 49.5. The monoisotopic (exact) mass is 547 g/mol. The topological polar surface area (TPSA) is 94.2 Å². The van der Waals surface area contributed by atoms with Gasteiger partial charge in [0, 0.05) is 64.5 Å². The minimum absolute atomic E-state index is 0.132. The summed E-state index contributed by atoms with van der Waals surface area (Å²) >= 11 is 0. The molecule has 4 rings (SSSR count). The molecule has 2 aromatic rings. The Morgan fingerprint density at radius 3 is 2.34 bits per heavy atom. The lowest BCUT2D eigenvalue weighted by Gasteiger charge is -2.38. The van der Waals surface area contributed by atoms with Gasteiger partial charge in [0.15, 0.2) is 0 Å². The van der Waals surface area contributed by atoms with Crippen molar-refractivity contribution in [1.82, 2.24) is 9.62 Å². The summed E-state index contributed by atoms with van der Waals surface area (Å²) in [5, 5.41) is 2.84. The third kappa shape index (κ3) is 7.43. The van der Waals surface area contributed by atoms with Crippen LogP contribution in [0.15, 0.2) is 47.4 Å². The number of carbonyl (C=O) groups is 1. The van der Waals surface area contributed by atoms with Crippen molar-refractivity contribution in [2.24, 2.45) is 0 Å². The van der Waals surface area contributed by atoms with E-state index in [4.69, 9.17) is 4.74 Å². The van der Waals surface area contributed by atoms with Crippen molar-refractivity contribution in [2.75, 3.05) is 80.7 Å². The first-order chi connectivity index (χ1) is 18.4. The molecule has 0 saturated carbocycles. The molecule has 38 heavy (non-hydrogen) atoms. The van der Waals surface area contributed by atoms with E-state index in [1.54, 1.807) is 30.3 Å². The Hall–Kier alpha value is -2.73. The SMILES string of the molecule is CCCCC(=O)Nc1ccc(N2CCN(c3ccccc3F)CC2)c(S(=O)(=O)NCCN2CCOCC2)c1. The second-order valence-corrected chi connectivity index (χ2v) is 11.3. The predicted molar refractivity (Wildman–Crippen MR) is 148 cm³/mol. The number of sulfonamides is 1. The van der Waals surface area contributed by atoms with E-state index in [-0.39, 0.29) is 23.2 Å². The number of carbonyl (C=O) groups excluding carboxylic acids is 1. The summed E-state index contributed by atoms with van der Waals surface area (Å²) in [6.45, 7) is 7.91. The molecule has 1 amide bonds. The van der Waals surface area contributed by atoms with Gasteiger partial charge in [-0.1, -0.05) is 25.5 Å². The van der Waals surface area contributed by atoms with E-state index >= 15 is 0 Å². The van der Waals surface area contributed by atoms with Crippen molar-refractivity contribution in [3.8, 4) is 0 Å². The highest BCUT2D eigenvalue weighted by atomic mass is 32.2. The smallest absolute Gasteiger partial charge is 0.242 e. The van der Waals surface area contributed by atoms with Gasteiger partial charge in [-0.15, -0.1) is 0 Å². The van der Waals surface area contributed by atoms with Crippen LogP contribution in [0.5, 0.6) is 0 Å². The molecule has 11 heteroatoms. The van der Waals surface area contributed by atoms with E-state index in [2.05, 4.69) is 14.9 Å². The van der Waals surface area contributed by atoms with Crippen molar-refractivity contribution in [3.05, 3.63) is 48.3 Å². The molecule has 0 bridgehead atoms. The lowest BCUT2D eigenvalue weighted by atomic mass is 10.2. The first-order valence-corrected chi connectivity index (χ1v) is 14.8. The summed E-state index contributed by atoms with van der Waals surface area (Å²) in [6.07, 6.45) is 2.05. The summed E-state index contributed by atoms with van der Waals surface area (Å²) in [6, 6.07) is 11.7. The fourth-order valence-corrected chi connectivity index (χ4v) is 6.04. The minimum atomic E-state index is -3.86. The number of rotatable bonds is 11. The summed E-state index contributed by atoms with van der Waals surface area (Å²) in [5.41, 5.74) is 1.58. The number of amides is 1. The first-order valence-electron chi connectivity index (χ1n) is 13.4. The number of unbranched alkanes of at least 4 members (excludes halogenated alkanes) is 1. The Bertz CT molecular complexity index is 1180. The third-order valence-electron chi connectivity index (χ3n) is 6.93. The molecule has 0 aromatic heterocycles. The van der Waals surface area contributed by atoms with Gasteiger partial charge in [-0.05, 0) is 36.8 Å². The number of para-hydroxylation sites is 1. The van der Waals surface area contributed by atoms with Gasteiger partial charge in [0.2, 0.25) is 15.9 Å². The number of benzene rings is 2. The van der Waals surface area contributed by atoms with Crippen molar-refractivity contribution in [1.29, 1.82) is 0 Å². The molecular formula is C27H38FN5O4S. The van der Waals surface area contributed by atoms with E-state index in [1.807, 2.05) is 22.8 Å². The lowest BCUT2D eigenvalue weighted by molar-refractivity contribution is -0.116. The second-order valence-electron chi connectivity index (χ2n) is 9.61. The molecule has 0 unspecified atom stereocenters. The molecule has 9 nitrogen and oxygen atoms in total. The molecule has 2 aliphatic rings. The largest absolute Gasteiger partial charge is 0.379 e. The van der Waals surface area contributed by atoms with Gasteiger partial charge in [0.25, 0.3) is 0 Å². The normalized spacial score (nSPS) is 17.0. The van der Waals surface area contributed by atoms with Gasteiger partial charge in [0.05, 0.1) is 24.6 Å².